The van der Waals surface area contributed by atoms with Crippen molar-refractivity contribution >= 4 is 21.8 Å². The first kappa shape index (κ1) is 23.9. The predicted molar refractivity (Wildman–Crippen MR) is 123 cm³/mol. The molecular weight excluding hydrogens is 426 g/mol. The van der Waals surface area contributed by atoms with E-state index in [0.29, 0.717) is 19.5 Å². The maximum Gasteiger partial charge on any atom is 0.242 e. The summed E-state index contributed by atoms with van der Waals surface area (Å²) in [4.78, 5) is 27.3. The molecule has 7 nitrogen and oxygen atoms in total. The number of carbonyl (C=O) groups excluding carboxylic acids is 2. The molecule has 0 heterocycles. The predicted octanol–water partition coefficient (Wildman–Crippen LogP) is 2.61. The Morgan fingerprint density at radius 1 is 1.03 bits per heavy atom. The Morgan fingerprint density at radius 2 is 1.69 bits per heavy atom. The second kappa shape index (κ2) is 10.7. The highest BCUT2D eigenvalue weighted by Crippen LogP contribution is 2.22. The molecule has 2 amide bonds. The summed E-state index contributed by atoms with van der Waals surface area (Å²) in [6, 6.07) is 15.7. The number of aryl methyl sites for hydroxylation is 1. The van der Waals surface area contributed by atoms with E-state index in [0.717, 1.165) is 24.0 Å². The van der Waals surface area contributed by atoms with Gasteiger partial charge in [0.1, 0.15) is 6.04 Å². The molecule has 1 fully saturated rings. The Kier molecular flexibility index (Phi) is 8.04. The van der Waals surface area contributed by atoms with E-state index < -0.39 is 16.1 Å². The van der Waals surface area contributed by atoms with Gasteiger partial charge in [-0.25, -0.2) is 13.1 Å². The molecule has 0 aliphatic heterocycles. The molecule has 0 radical (unpaired) electrons. The van der Waals surface area contributed by atoms with E-state index in [1.54, 1.807) is 36.1 Å². The molecule has 2 aromatic carbocycles. The number of benzene rings is 2. The fourth-order valence-electron chi connectivity index (χ4n) is 3.40. The summed E-state index contributed by atoms with van der Waals surface area (Å²) in [5.74, 6) is -0.311. The highest BCUT2D eigenvalue weighted by atomic mass is 32.2. The zero-order valence-corrected chi connectivity index (χ0v) is 19.4. The van der Waals surface area contributed by atoms with E-state index in [4.69, 9.17) is 0 Å². The Balaban J connectivity index is 1.65. The number of nitrogens with one attached hydrogen (secondary N) is 2. The second-order valence-electron chi connectivity index (χ2n) is 8.12. The van der Waals surface area contributed by atoms with E-state index in [1.165, 1.54) is 0 Å². The van der Waals surface area contributed by atoms with Gasteiger partial charge in [0.25, 0.3) is 0 Å². The fourth-order valence-corrected chi connectivity index (χ4v) is 4.71. The number of hydrogen-bond acceptors (Lipinski definition) is 4. The van der Waals surface area contributed by atoms with Crippen molar-refractivity contribution in [2.45, 2.75) is 63.1 Å². The number of sulfonamides is 1. The molecule has 1 saturated carbocycles. The van der Waals surface area contributed by atoms with Crippen LogP contribution in [0.4, 0.5) is 0 Å². The van der Waals surface area contributed by atoms with E-state index in [9.17, 15) is 18.0 Å². The fraction of sp³-hybridized carbons (Fsp3) is 0.417. The van der Waals surface area contributed by atoms with Crippen LogP contribution in [-0.2, 0) is 32.6 Å². The Labute approximate surface area is 190 Å². The molecule has 0 unspecified atom stereocenters. The molecule has 1 atom stereocenters. The minimum Gasteiger partial charge on any atom is -0.355 e. The lowest BCUT2D eigenvalue weighted by atomic mass is 10.1. The highest BCUT2D eigenvalue weighted by molar-refractivity contribution is 7.89. The zero-order valence-electron chi connectivity index (χ0n) is 18.6. The average molecular weight is 458 g/mol. The van der Waals surface area contributed by atoms with Crippen LogP contribution in [-0.4, -0.2) is 43.8 Å². The summed E-state index contributed by atoms with van der Waals surface area (Å²) in [5, 5.41) is 2.78. The number of likely N-dealkylation sites (N-methyl/N-ethyl adjacent to an activating group) is 1. The molecule has 0 aromatic heterocycles. The maximum atomic E-state index is 13.1. The van der Waals surface area contributed by atoms with Gasteiger partial charge in [-0.2, -0.15) is 0 Å². The van der Waals surface area contributed by atoms with Crippen LogP contribution >= 0.6 is 0 Å². The minimum atomic E-state index is -3.49. The molecule has 2 aromatic rings. The molecule has 172 valence electrons. The molecule has 32 heavy (non-hydrogen) atoms. The van der Waals surface area contributed by atoms with Gasteiger partial charge < -0.3 is 10.2 Å². The first-order valence-electron chi connectivity index (χ1n) is 11.0. The van der Waals surface area contributed by atoms with Crippen LogP contribution in [0.1, 0.15) is 44.2 Å². The van der Waals surface area contributed by atoms with Gasteiger partial charge in [0.15, 0.2) is 0 Å². The van der Waals surface area contributed by atoms with Crippen LogP contribution in [0.15, 0.2) is 59.5 Å². The molecule has 0 spiro atoms. The van der Waals surface area contributed by atoms with Crippen LogP contribution in [0.2, 0.25) is 0 Å². The smallest absolute Gasteiger partial charge is 0.242 e. The first-order chi connectivity index (χ1) is 15.3. The van der Waals surface area contributed by atoms with E-state index in [-0.39, 0.29) is 29.2 Å². The highest BCUT2D eigenvalue weighted by Gasteiger charge is 2.28. The summed E-state index contributed by atoms with van der Waals surface area (Å²) in [6.45, 7) is 4.43. The van der Waals surface area contributed by atoms with Crippen LogP contribution in [0.3, 0.4) is 0 Å². The summed E-state index contributed by atoms with van der Waals surface area (Å²) in [7, 11) is -3.49. The van der Waals surface area contributed by atoms with Crippen molar-refractivity contribution in [2.24, 2.45) is 0 Å². The lowest BCUT2D eigenvalue weighted by Gasteiger charge is -2.28. The topological polar surface area (TPSA) is 95.6 Å². The summed E-state index contributed by atoms with van der Waals surface area (Å²) >= 11 is 0. The van der Waals surface area contributed by atoms with Crippen molar-refractivity contribution in [3.8, 4) is 0 Å². The van der Waals surface area contributed by atoms with Gasteiger partial charge in [-0.1, -0.05) is 42.5 Å². The molecule has 1 aliphatic rings. The minimum absolute atomic E-state index is 0.0554. The van der Waals surface area contributed by atoms with Crippen molar-refractivity contribution in [1.29, 1.82) is 0 Å². The van der Waals surface area contributed by atoms with Crippen molar-refractivity contribution < 1.29 is 18.0 Å². The number of nitrogens with zero attached hydrogens (tertiary/aromatic N) is 1. The summed E-state index contributed by atoms with van der Waals surface area (Å²) in [5.41, 5.74) is 1.82. The Bertz CT molecular complexity index is 1020. The number of hydrogen-bond donors (Lipinski definition) is 2. The standard InChI is InChI=1S/C24H31N3O4S/c1-3-25-24(29)18(2)27(17-20-7-5-4-6-8-20)23(28)16-11-19-9-14-22(15-10-19)32(30,31)26-21-12-13-21/h4-10,14-15,18,21,26H,3,11-13,16-17H2,1-2H3,(H,25,29)/t18-/m0/s1. The van der Waals surface area contributed by atoms with Gasteiger partial charge in [-0.3, -0.25) is 9.59 Å². The lowest BCUT2D eigenvalue weighted by Crippen LogP contribution is -2.47. The monoisotopic (exact) mass is 457 g/mol. The van der Waals surface area contributed by atoms with Crippen LogP contribution in [0.25, 0.3) is 0 Å². The van der Waals surface area contributed by atoms with Gasteiger partial charge in [0.05, 0.1) is 4.90 Å². The quantitative estimate of drug-likeness (QED) is 0.542. The second-order valence-corrected chi connectivity index (χ2v) is 9.83. The third-order valence-electron chi connectivity index (χ3n) is 5.47. The molecule has 3 rings (SSSR count). The van der Waals surface area contributed by atoms with Gasteiger partial charge >= 0.3 is 0 Å². The van der Waals surface area contributed by atoms with Gasteiger partial charge in [-0.15, -0.1) is 0 Å². The molecule has 8 heteroatoms. The molecule has 2 N–H and O–H groups in total. The average Bonchev–Trinajstić information content (AvgIpc) is 3.60. The number of amides is 2. The van der Waals surface area contributed by atoms with Crippen molar-refractivity contribution in [3.05, 3.63) is 65.7 Å². The third kappa shape index (κ3) is 6.64. The normalized spacial score (nSPS) is 14.6. The third-order valence-corrected chi connectivity index (χ3v) is 7.01. The maximum absolute atomic E-state index is 13.1. The van der Waals surface area contributed by atoms with Crippen molar-refractivity contribution in [2.75, 3.05) is 6.54 Å². The van der Waals surface area contributed by atoms with E-state index >= 15 is 0 Å². The van der Waals surface area contributed by atoms with Gasteiger partial charge in [0.2, 0.25) is 21.8 Å². The van der Waals surface area contributed by atoms with Crippen LogP contribution < -0.4 is 10.0 Å². The SMILES string of the molecule is CCNC(=O)[C@H](C)N(Cc1ccccc1)C(=O)CCc1ccc(S(=O)(=O)NC2CC2)cc1. The van der Waals surface area contributed by atoms with Crippen LogP contribution in [0, 0.1) is 0 Å². The Hall–Kier alpha value is -2.71. The van der Waals surface area contributed by atoms with Crippen molar-refractivity contribution in [3.63, 3.8) is 0 Å². The molecule has 0 bridgehead atoms. The van der Waals surface area contributed by atoms with Gasteiger partial charge in [-0.05, 0) is 56.4 Å². The van der Waals surface area contributed by atoms with E-state index in [1.807, 2.05) is 37.3 Å². The molecular formula is C24H31N3O4S. The summed E-state index contributed by atoms with van der Waals surface area (Å²) < 4.78 is 27.3. The molecule has 0 saturated heterocycles. The number of carbonyl (C=O) groups is 2. The first-order valence-corrected chi connectivity index (χ1v) is 12.5. The van der Waals surface area contributed by atoms with Crippen LogP contribution in [0.5, 0.6) is 0 Å². The van der Waals surface area contributed by atoms with Gasteiger partial charge in [0, 0.05) is 25.6 Å². The largest absolute Gasteiger partial charge is 0.355 e. The van der Waals surface area contributed by atoms with Crippen molar-refractivity contribution in [1.82, 2.24) is 14.9 Å². The number of rotatable bonds is 11. The lowest BCUT2D eigenvalue weighted by molar-refractivity contribution is -0.140. The zero-order chi connectivity index (χ0) is 23.1. The summed E-state index contributed by atoms with van der Waals surface area (Å²) in [6.07, 6.45) is 2.45. The van der Waals surface area contributed by atoms with E-state index in [2.05, 4.69) is 10.0 Å². The Morgan fingerprint density at radius 3 is 2.28 bits per heavy atom. The molecule has 1 aliphatic carbocycles.